The molecular formula is C29H42N2O9. The summed E-state index contributed by atoms with van der Waals surface area (Å²) in [6.07, 6.45) is -1.94. The average Bonchev–Trinajstić information content (AvgIpc) is 3.62. The van der Waals surface area contributed by atoms with Crippen molar-refractivity contribution in [2.75, 3.05) is 26.3 Å². The van der Waals surface area contributed by atoms with Crippen LogP contribution < -0.4 is 0 Å². The van der Waals surface area contributed by atoms with Crippen LogP contribution in [0.3, 0.4) is 0 Å². The Hall–Kier alpha value is -2.89. The highest BCUT2D eigenvalue weighted by Gasteiger charge is 2.53. The SMILES string of the molecule is CC(=O)O[C@H]1CO[C@H]2[C@@H]1N(C(=O)OC(C)(C)C)C[C@H]2C.C[C@@H]1CN(C(=O)OCc2ccccc2)[C@H]2[C@@H]1OC[C@@H]2O. The third-order valence-corrected chi connectivity index (χ3v) is 7.56. The molecule has 1 aromatic rings. The van der Waals surface area contributed by atoms with E-state index in [-0.39, 0.29) is 60.9 Å². The van der Waals surface area contributed by atoms with E-state index in [2.05, 4.69) is 0 Å². The number of aliphatic hydroxyl groups is 1. The minimum Gasteiger partial charge on any atom is -0.458 e. The number of aliphatic hydroxyl groups excluding tert-OH is 1. The molecule has 4 heterocycles. The number of hydrogen-bond donors (Lipinski definition) is 1. The summed E-state index contributed by atoms with van der Waals surface area (Å²) in [5.74, 6) is 0.0671. The van der Waals surface area contributed by atoms with Crippen LogP contribution in [0.2, 0.25) is 0 Å². The highest BCUT2D eigenvalue weighted by atomic mass is 16.6. The number of nitrogens with zero attached hydrogens (tertiary/aromatic N) is 2. The largest absolute Gasteiger partial charge is 0.458 e. The number of amides is 2. The Morgan fingerprint density at radius 3 is 2.10 bits per heavy atom. The summed E-state index contributed by atoms with van der Waals surface area (Å²) < 4.78 is 27.3. The van der Waals surface area contributed by atoms with Gasteiger partial charge in [0.05, 0.1) is 31.5 Å². The van der Waals surface area contributed by atoms with E-state index in [0.717, 1.165) is 5.56 Å². The molecule has 0 unspecified atom stereocenters. The third-order valence-electron chi connectivity index (χ3n) is 7.56. The standard InChI is InChI=1S/C15H19NO4.C14H23NO5/c1-10-7-16(13-12(17)9-19-14(10)13)15(18)20-8-11-5-3-2-4-6-11;1-8-6-15(13(17)20-14(3,4)5)11-10(19-9(2)16)7-18-12(8)11/h2-6,10,12-14,17H,7-9H2,1H3;8,10-12H,6-7H2,1-5H3/t10-,12+,13-,14-;8-,10+,11-,12-/m11/s1. The molecule has 1 N–H and O–H groups in total. The molecule has 222 valence electrons. The van der Waals surface area contributed by atoms with Crippen molar-refractivity contribution >= 4 is 18.2 Å². The van der Waals surface area contributed by atoms with Crippen molar-refractivity contribution in [1.29, 1.82) is 0 Å². The molecule has 11 nitrogen and oxygen atoms in total. The van der Waals surface area contributed by atoms with Crippen LogP contribution in [-0.2, 0) is 35.1 Å². The molecule has 0 radical (unpaired) electrons. The van der Waals surface area contributed by atoms with E-state index >= 15 is 0 Å². The lowest BCUT2D eigenvalue weighted by Crippen LogP contribution is -2.47. The zero-order valence-electron chi connectivity index (χ0n) is 24.1. The Kier molecular flexibility index (Phi) is 9.26. The molecule has 4 aliphatic heterocycles. The number of ether oxygens (including phenoxy) is 5. The van der Waals surface area contributed by atoms with Crippen molar-refractivity contribution in [3.63, 3.8) is 0 Å². The number of esters is 1. The lowest BCUT2D eigenvalue weighted by Gasteiger charge is -2.30. The van der Waals surface area contributed by atoms with Crippen molar-refractivity contribution in [2.24, 2.45) is 11.8 Å². The summed E-state index contributed by atoms with van der Waals surface area (Å²) in [4.78, 5) is 38.9. The van der Waals surface area contributed by atoms with E-state index < -0.39 is 17.8 Å². The first-order valence-corrected chi connectivity index (χ1v) is 13.9. The molecule has 0 spiro atoms. The van der Waals surface area contributed by atoms with Crippen LogP contribution in [-0.4, -0.2) is 101 Å². The summed E-state index contributed by atoms with van der Waals surface area (Å²) in [5, 5.41) is 9.95. The van der Waals surface area contributed by atoms with E-state index in [0.29, 0.717) is 26.3 Å². The van der Waals surface area contributed by atoms with Gasteiger partial charge in [-0.3, -0.25) is 14.6 Å². The average molecular weight is 563 g/mol. The van der Waals surface area contributed by atoms with E-state index in [1.54, 1.807) is 9.80 Å². The lowest BCUT2D eigenvalue weighted by atomic mass is 10.0. The minimum absolute atomic E-state index is 0.0747. The van der Waals surface area contributed by atoms with E-state index in [4.69, 9.17) is 23.7 Å². The van der Waals surface area contributed by atoms with E-state index in [1.807, 2.05) is 65.0 Å². The van der Waals surface area contributed by atoms with Crippen LogP contribution in [0.25, 0.3) is 0 Å². The van der Waals surface area contributed by atoms with Gasteiger partial charge in [0.15, 0.2) is 0 Å². The van der Waals surface area contributed by atoms with Crippen molar-refractivity contribution in [1.82, 2.24) is 9.80 Å². The molecule has 1 aromatic carbocycles. The molecule has 0 saturated carbocycles. The Morgan fingerprint density at radius 2 is 1.50 bits per heavy atom. The first-order chi connectivity index (χ1) is 18.9. The Morgan fingerprint density at radius 1 is 0.925 bits per heavy atom. The van der Waals surface area contributed by atoms with Gasteiger partial charge < -0.3 is 28.8 Å². The van der Waals surface area contributed by atoms with Crippen LogP contribution in [0.1, 0.15) is 47.1 Å². The van der Waals surface area contributed by atoms with Gasteiger partial charge in [0.25, 0.3) is 0 Å². The molecule has 4 aliphatic rings. The smallest absolute Gasteiger partial charge is 0.410 e. The van der Waals surface area contributed by atoms with Crippen LogP contribution >= 0.6 is 0 Å². The molecule has 4 saturated heterocycles. The van der Waals surface area contributed by atoms with Gasteiger partial charge >= 0.3 is 18.2 Å². The van der Waals surface area contributed by atoms with Crippen LogP contribution in [0.15, 0.2) is 30.3 Å². The summed E-state index contributed by atoms with van der Waals surface area (Å²) in [7, 11) is 0. The predicted octanol–water partition coefficient (Wildman–Crippen LogP) is 2.98. The lowest BCUT2D eigenvalue weighted by molar-refractivity contribution is -0.148. The number of rotatable bonds is 3. The van der Waals surface area contributed by atoms with Gasteiger partial charge in [-0.05, 0) is 26.3 Å². The van der Waals surface area contributed by atoms with Crippen molar-refractivity contribution in [3.8, 4) is 0 Å². The second-order valence-electron chi connectivity index (χ2n) is 12.1. The molecule has 5 rings (SSSR count). The summed E-state index contributed by atoms with van der Waals surface area (Å²) in [5.41, 5.74) is 0.405. The van der Waals surface area contributed by atoms with E-state index in [9.17, 15) is 19.5 Å². The van der Waals surface area contributed by atoms with Gasteiger partial charge in [0, 0.05) is 31.8 Å². The fraction of sp³-hybridized carbons (Fsp3) is 0.690. The van der Waals surface area contributed by atoms with Gasteiger partial charge in [-0.1, -0.05) is 44.2 Å². The fourth-order valence-corrected chi connectivity index (χ4v) is 5.91. The summed E-state index contributed by atoms with van der Waals surface area (Å²) in [6, 6.07) is 9.05. The molecule has 2 amide bonds. The normalized spacial score (nSPS) is 32.6. The predicted molar refractivity (Wildman–Crippen MR) is 143 cm³/mol. The molecule has 4 fully saturated rings. The zero-order valence-corrected chi connectivity index (χ0v) is 24.1. The second-order valence-corrected chi connectivity index (χ2v) is 12.1. The number of hydrogen-bond acceptors (Lipinski definition) is 9. The first kappa shape index (κ1) is 30.1. The number of carbonyl (C=O) groups is 3. The zero-order chi connectivity index (χ0) is 29.2. The molecule has 40 heavy (non-hydrogen) atoms. The van der Waals surface area contributed by atoms with Gasteiger partial charge in [-0.2, -0.15) is 0 Å². The Labute approximate surface area is 235 Å². The van der Waals surface area contributed by atoms with Crippen molar-refractivity contribution in [3.05, 3.63) is 35.9 Å². The fourth-order valence-electron chi connectivity index (χ4n) is 5.91. The highest BCUT2D eigenvalue weighted by molar-refractivity contribution is 5.70. The first-order valence-electron chi connectivity index (χ1n) is 13.9. The summed E-state index contributed by atoms with van der Waals surface area (Å²) in [6.45, 7) is 12.9. The number of benzene rings is 1. The second kappa shape index (κ2) is 12.3. The van der Waals surface area contributed by atoms with Gasteiger partial charge in [-0.25, -0.2) is 9.59 Å². The molecule has 8 atom stereocenters. The third kappa shape index (κ3) is 6.87. The Bertz CT molecular complexity index is 1050. The molecule has 0 aromatic heterocycles. The molecule has 11 heteroatoms. The molecule has 0 bridgehead atoms. The van der Waals surface area contributed by atoms with Gasteiger partial charge in [0.1, 0.15) is 30.5 Å². The van der Waals surface area contributed by atoms with Gasteiger partial charge in [0.2, 0.25) is 0 Å². The maximum Gasteiger partial charge on any atom is 0.410 e. The summed E-state index contributed by atoms with van der Waals surface area (Å²) >= 11 is 0. The van der Waals surface area contributed by atoms with Crippen molar-refractivity contribution < 1.29 is 43.2 Å². The van der Waals surface area contributed by atoms with Gasteiger partial charge in [-0.15, -0.1) is 0 Å². The highest BCUT2D eigenvalue weighted by Crippen LogP contribution is 2.36. The number of likely N-dealkylation sites (tertiary alicyclic amines) is 2. The maximum atomic E-state index is 12.3. The number of fused-ring (bicyclic) bond motifs is 2. The quantitative estimate of drug-likeness (QED) is 0.437. The minimum atomic E-state index is -0.616. The number of carbonyl (C=O) groups excluding carboxylic acids is 3. The monoisotopic (exact) mass is 562 g/mol. The van der Waals surface area contributed by atoms with Crippen molar-refractivity contribution in [2.45, 2.75) is 90.2 Å². The Balaban J connectivity index is 0.000000185. The van der Waals surface area contributed by atoms with Crippen LogP contribution in [0.5, 0.6) is 0 Å². The maximum absolute atomic E-state index is 12.3. The topological polar surface area (TPSA) is 124 Å². The van der Waals surface area contributed by atoms with E-state index in [1.165, 1.54) is 6.92 Å². The molecular weight excluding hydrogens is 520 g/mol. The van der Waals surface area contributed by atoms with Crippen LogP contribution in [0, 0.1) is 11.8 Å². The van der Waals surface area contributed by atoms with Crippen LogP contribution in [0.4, 0.5) is 9.59 Å². The molecule has 0 aliphatic carbocycles.